The summed E-state index contributed by atoms with van der Waals surface area (Å²) in [4.78, 5) is 14.9. The van der Waals surface area contributed by atoms with Crippen LogP contribution in [0.15, 0.2) is 59.7 Å². The number of ketones is 1. The Morgan fingerprint density at radius 1 is 1.24 bits per heavy atom. The summed E-state index contributed by atoms with van der Waals surface area (Å²) < 4.78 is 0. The number of hydrogen-bond donors (Lipinski definition) is 1. The van der Waals surface area contributed by atoms with Gasteiger partial charge in [0, 0.05) is 37.2 Å². The van der Waals surface area contributed by atoms with Gasteiger partial charge in [-0.2, -0.15) is 0 Å². The molecule has 1 aromatic rings. The standard InChI is InChI=1S/C30H42N2O/c1-7-9-21-17-18-30(31)27-16-15-26(20(3)33)29(27,4)19-25(28(30)24(21)10-8-2)22-11-13-23(14-12-22)32(5)6/h7,9,11-14,25-27H,1,8,10,15-19,31H2,2-6H3/b21-9-. The van der Waals surface area contributed by atoms with Gasteiger partial charge in [-0.15, -0.1) is 0 Å². The molecular formula is C30H42N2O. The van der Waals surface area contributed by atoms with Gasteiger partial charge in [0.25, 0.3) is 0 Å². The lowest BCUT2D eigenvalue weighted by Crippen LogP contribution is -2.60. The van der Waals surface area contributed by atoms with Crippen LogP contribution in [0.1, 0.15) is 77.2 Å². The molecule has 0 spiro atoms. The van der Waals surface area contributed by atoms with Crippen molar-refractivity contribution in [1.29, 1.82) is 0 Å². The van der Waals surface area contributed by atoms with Crippen LogP contribution in [0, 0.1) is 17.3 Å². The molecule has 5 unspecified atom stereocenters. The Labute approximate surface area is 200 Å². The largest absolute Gasteiger partial charge is 0.378 e. The molecule has 0 heterocycles. The fraction of sp³-hybridized carbons (Fsp3) is 0.567. The summed E-state index contributed by atoms with van der Waals surface area (Å²) in [5, 5.41) is 0. The third-order valence-corrected chi connectivity index (χ3v) is 9.09. The molecule has 5 atom stereocenters. The van der Waals surface area contributed by atoms with Crippen LogP contribution in [-0.4, -0.2) is 25.4 Å². The highest BCUT2D eigenvalue weighted by molar-refractivity contribution is 5.80. The van der Waals surface area contributed by atoms with Gasteiger partial charge < -0.3 is 10.6 Å². The van der Waals surface area contributed by atoms with Crippen LogP contribution in [0.3, 0.4) is 0 Å². The predicted molar refractivity (Wildman–Crippen MR) is 139 cm³/mol. The lowest BCUT2D eigenvalue weighted by atomic mass is 9.49. The maximum absolute atomic E-state index is 12.8. The molecule has 3 nitrogen and oxygen atoms in total. The van der Waals surface area contributed by atoms with Crippen LogP contribution < -0.4 is 10.6 Å². The highest BCUT2D eigenvalue weighted by atomic mass is 16.1. The molecule has 33 heavy (non-hydrogen) atoms. The third-order valence-electron chi connectivity index (χ3n) is 9.09. The summed E-state index contributed by atoms with van der Waals surface area (Å²) in [5.41, 5.74) is 14.1. The Hall–Kier alpha value is -2.13. The molecule has 0 aliphatic heterocycles. The van der Waals surface area contributed by atoms with E-state index in [1.165, 1.54) is 28.0 Å². The van der Waals surface area contributed by atoms with E-state index in [4.69, 9.17) is 5.73 Å². The number of allylic oxidation sites excluding steroid dienone is 4. The molecule has 178 valence electrons. The van der Waals surface area contributed by atoms with Gasteiger partial charge in [0.05, 0.1) is 0 Å². The van der Waals surface area contributed by atoms with E-state index < -0.39 is 0 Å². The molecular weight excluding hydrogens is 404 g/mol. The van der Waals surface area contributed by atoms with E-state index in [-0.39, 0.29) is 22.8 Å². The molecule has 2 saturated carbocycles. The van der Waals surface area contributed by atoms with Crippen LogP contribution in [0.25, 0.3) is 0 Å². The number of nitrogens with two attached hydrogens (primary N) is 1. The molecule has 3 aliphatic rings. The van der Waals surface area contributed by atoms with Crippen molar-refractivity contribution >= 4 is 11.5 Å². The second kappa shape index (κ2) is 8.91. The molecule has 0 amide bonds. The van der Waals surface area contributed by atoms with Crippen molar-refractivity contribution in [2.24, 2.45) is 23.0 Å². The lowest BCUT2D eigenvalue weighted by Gasteiger charge is -2.57. The summed E-state index contributed by atoms with van der Waals surface area (Å²) in [6, 6.07) is 9.04. The predicted octanol–water partition coefficient (Wildman–Crippen LogP) is 6.56. The molecule has 3 aliphatic carbocycles. The first-order valence-electron chi connectivity index (χ1n) is 12.8. The topological polar surface area (TPSA) is 46.3 Å². The Morgan fingerprint density at radius 2 is 1.94 bits per heavy atom. The second-order valence-corrected chi connectivity index (χ2v) is 11.2. The first-order valence-corrected chi connectivity index (χ1v) is 12.8. The number of rotatable bonds is 6. The maximum Gasteiger partial charge on any atom is 0.133 e. The summed E-state index contributed by atoms with van der Waals surface area (Å²) >= 11 is 0. The quantitative estimate of drug-likeness (QED) is 0.538. The summed E-state index contributed by atoms with van der Waals surface area (Å²) in [6.07, 6.45) is 11.3. The minimum absolute atomic E-state index is 0.0497. The minimum atomic E-state index is -0.342. The second-order valence-electron chi connectivity index (χ2n) is 11.2. The van der Waals surface area contributed by atoms with Gasteiger partial charge in [0.1, 0.15) is 5.78 Å². The van der Waals surface area contributed by atoms with E-state index in [0.29, 0.717) is 11.7 Å². The molecule has 4 rings (SSSR count). The van der Waals surface area contributed by atoms with Gasteiger partial charge in [-0.05, 0) is 91.2 Å². The molecule has 0 saturated heterocycles. The van der Waals surface area contributed by atoms with Crippen molar-refractivity contribution < 1.29 is 4.79 Å². The van der Waals surface area contributed by atoms with Crippen LogP contribution in [0.2, 0.25) is 0 Å². The number of fused-ring (bicyclic) bond motifs is 3. The van der Waals surface area contributed by atoms with E-state index in [0.717, 1.165) is 44.9 Å². The number of hydrogen-bond acceptors (Lipinski definition) is 3. The Balaban J connectivity index is 1.94. The molecule has 0 aromatic heterocycles. The van der Waals surface area contributed by atoms with Crippen molar-refractivity contribution in [3.63, 3.8) is 0 Å². The smallest absolute Gasteiger partial charge is 0.133 e. The molecule has 3 heteroatoms. The monoisotopic (exact) mass is 446 g/mol. The number of Topliss-reactive ketones (excluding diaryl/α,β-unsaturated/α-hetero) is 1. The van der Waals surface area contributed by atoms with Gasteiger partial charge >= 0.3 is 0 Å². The summed E-state index contributed by atoms with van der Waals surface area (Å²) in [5.74, 6) is 1.08. The normalized spacial score (nSPS) is 34.7. The maximum atomic E-state index is 12.8. The minimum Gasteiger partial charge on any atom is -0.378 e. The number of carbonyl (C=O) groups is 1. The number of anilines is 1. The Morgan fingerprint density at radius 3 is 2.52 bits per heavy atom. The van der Waals surface area contributed by atoms with E-state index in [9.17, 15) is 4.79 Å². The van der Waals surface area contributed by atoms with Crippen molar-refractivity contribution in [2.75, 3.05) is 19.0 Å². The van der Waals surface area contributed by atoms with Gasteiger partial charge in [0.15, 0.2) is 0 Å². The SMILES string of the molecule is C=C/C=C1/CCC2(N)C(=C1CCC)C(c1ccc(N(C)C)cc1)CC1(C)C(C(C)=O)CCC21. The average molecular weight is 447 g/mol. The van der Waals surface area contributed by atoms with Gasteiger partial charge in [-0.3, -0.25) is 4.79 Å². The number of benzene rings is 1. The third kappa shape index (κ3) is 3.83. The van der Waals surface area contributed by atoms with E-state index >= 15 is 0 Å². The zero-order chi connectivity index (χ0) is 24.0. The van der Waals surface area contributed by atoms with Gasteiger partial charge in [-0.1, -0.05) is 51.1 Å². The van der Waals surface area contributed by atoms with Crippen LogP contribution in [-0.2, 0) is 4.79 Å². The van der Waals surface area contributed by atoms with E-state index in [2.05, 4.69) is 69.8 Å². The Bertz CT molecular complexity index is 985. The summed E-state index contributed by atoms with van der Waals surface area (Å²) in [7, 11) is 4.16. The van der Waals surface area contributed by atoms with Crippen LogP contribution in [0.5, 0.6) is 0 Å². The highest BCUT2D eigenvalue weighted by Gasteiger charge is 2.62. The van der Waals surface area contributed by atoms with Crippen molar-refractivity contribution in [3.8, 4) is 0 Å². The molecule has 2 fully saturated rings. The molecule has 0 radical (unpaired) electrons. The first kappa shape index (κ1) is 24.0. The fourth-order valence-corrected chi connectivity index (χ4v) is 7.71. The van der Waals surface area contributed by atoms with Crippen LogP contribution >= 0.6 is 0 Å². The molecule has 1 aromatic carbocycles. The zero-order valence-electron chi connectivity index (χ0n) is 21.3. The number of carbonyl (C=O) groups excluding carboxylic acids is 1. The fourth-order valence-electron chi connectivity index (χ4n) is 7.71. The van der Waals surface area contributed by atoms with Crippen molar-refractivity contribution in [1.82, 2.24) is 0 Å². The van der Waals surface area contributed by atoms with Crippen LogP contribution in [0.4, 0.5) is 5.69 Å². The summed E-state index contributed by atoms with van der Waals surface area (Å²) in [6.45, 7) is 10.4. The van der Waals surface area contributed by atoms with Crippen molar-refractivity contribution in [3.05, 3.63) is 65.3 Å². The van der Waals surface area contributed by atoms with E-state index in [1.54, 1.807) is 6.92 Å². The molecule has 0 bridgehead atoms. The van der Waals surface area contributed by atoms with Crippen molar-refractivity contribution in [2.45, 2.75) is 77.2 Å². The zero-order valence-corrected chi connectivity index (χ0v) is 21.3. The lowest BCUT2D eigenvalue weighted by molar-refractivity contribution is -0.125. The average Bonchev–Trinajstić information content (AvgIpc) is 3.13. The van der Waals surface area contributed by atoms with E-state index in [1.807, 2.05) is 6.08 Å². The highest BCUT2D eigenvalue weighted by Crippen LogP contribution is 2.66. The Kier molecular flexibility index (Phi) is 6.48. The number of nitrogens with zero attached hydrogens (tertiary/aromatic N) is 1. The first-order chi connectivity index (χ1) is 15.7. The van der Waals surface area contributed by atoms with Gasteiger partial charge in [0.2, 0.25) is 0 Å². The molecule has 2 N–H and O–H groups in total. The van der Waals surface area contributed by atoms with Gasteiger partial charge in [-0.25, -0.2) is 0 Å².